The lowest BCUT2D eigenvalue weighted by molar-refractivity contribution is 0.429. The lowest BCUT2D eigenvalue weighted by atomic mass is 10.4. The van der Waals surface area contributed by atoms with Crippen molar-refractivity contribution in [3.05, 3.63) is 17.8 Å². The van der Waals surface area contributed by atoms with Crippen molar-refractivity contribution < 1.29 is 4.42 Å². The maximum absolute atomic E-state index is 5.29. The molecule has 2 heterocycles. The average Bonchev–Trinajstić information content (AvgIpc) is 2.74. The van der Waals surface area contributed by atoms with Gasteiger partial charge in [0, 0.05) is 26.5 Å². The highest BCUT2D eigenvalue weighted by Gasteiger charge is 2.09. The summed E-state index contributed by atoms with van der Waals surface area (Å²) in [5.41, 5.74) is 0. The van der Waals surface area contributed by atoms with Crippen LogP contribution in [-0.2, 0) is 6.42 Å². The fourth-order valence-electron chi connectivity index (χ4n) is 1.22. The van der Waals surface area contributed by atoms with Gasteiger partial charge in [0.25, 0.3) is 5.22 Å². The molecule has 0 bridgehead atoms. The van der Waals surface area contributed by atoms with Crippen LogP contribution in [0, 0.1) is 6.92 Å². The Morgan fingerprint density at radius 2 is 2.18 bits per heavy atom. The van der Waals surface area contributed by atoms with E-state index in [0.29, 0.717) is 11.1 Å². The summed E-state index contributed by atoms with van der Waals surface area (Å²) < 4.78 is 5.29. The summed E-state index contributed by atoms with van der Waals surface area (Å²) >= 11 is 1.34. The van der Waals surface area contributed by atoms with Gasteiger partial charge in [-0.15, -0.1) is 10.2 Å². The highest BCUT2D eigenvalue weighted by atomic mass is 32.2. The summed E-state index contributed by atoms with van der Waals surface area (Å²) in [6.07, 6.45) is 0.784. The van der Waals surface area contributed by atoms with Crippen molar-refractivity contribution in [3.63, 3.8) is 0 Å². The Morgan fingerprint density at radius 3 is 2.76 bits per heavy atom. The zero-order valence-corrected chi connectivity index (χ0v) is 10.7. The Labute approximate surface area is 103 Å². The summed E-state index contributed by atoms with van der Waals surface area (Å²) in [4.78, 5) is 8.70. The Hall–Kier alpha value is -1.63. The van der Waals surface area contributed by atoms with E-state index in [1.807, 2.05) is 20.0 Å². The lowest BCUT2D eigenvalue weighted by Crippen LogP contribution is -2.00. The Bertz CT molecular complexity index is 491. The minimum absolute atomic E-state index is 0.491. The van der Waals surface area contributed by atoms with Gasteiger partial charge in [0.1, 0.15) is 16.7 Å². The first kappa shape index (κ1) is 11.8. The fraction of sp³-hybridized carbons (Fsp3) is 0.400. The summed E-state index contributed by atoms with van der Waals surface area (Å²) in [5.74, 6) is 2.12. The maximum Gasteiger partial charge on any atom is 0.282 e. The molecule has 0 saturated carbocycles. The van der Waals surface area contributed by atoms with Crippen LogP contribution in [0.2, 0.25) is 0 Å². The molecule has 0 aliphatic carbocycles. The van der Waals surface area contributed by atoms with Crippen LogP contribution in [0.4, 0.5) is 5.82 Å². The van der Waals surface area contributed by atoms with Crippen molar-refractivity contribution in [3.8, 4) is 0 Å². The third-order valence-electron chi connectivity index (χ3n) is 2.02. The van der Waals surface area contributed by atoms with Crippen LogP contribution in [0.15, 0.2) is 20.7 Å². The van der Waals surface area contributed by atoms with Gasteiger partial charge in [-0.05, 0) is 11.8 Å². The molecule has 17 heavy (non-hydrogen) atoms. The molecular formula is C10H13N5OS. The molecule has 0 spiro atoms. The monoisotopic (exact) mass is 251 g/mol. The topological polar surface area (TPSA) is 76.7 Å². The molecule has 0 radical (unpaired) electrons. The molecule has 0 saturated heterocycles. The van der Waals surface area contributed by atoms with E-state index in [9.17, 15) is 0 Å². The Morgan fingerprint density at radius 1 is 1.35 bits per heavy atom. The number of hydrogen-bond donors (Lipinski definition) is 1. The van der Waals surface area contributed by atoms with Crippen LogP contribution in [0.3, 0.4) is 0 Å². The minimum atomic E-state index is 0.491. The number of anilines is 1. The minimum Gasteiger partial charge on any atom is -0.416 e. The van der Waals surface area contributed by atoms with E-state index in [4.69, 9.17) is 4.42 Å². The standard InChI is InChI=1S/C10H13N5OS/c1-4-7-12-8(11-3)5-9(13-7)17-10-15-14-6(2)16-10/h5H,4H2,1-3H3,(H,11,12,13). The van der Waals surface area contributed by atoms with Crippen molar-refractivity contribution in [2.75, 3.05) is 12.4 Å². The number of rotatable bonds is 4. The van der Waals surface area contributed by atoms with Crippen molar-refractivity contribution in [1.82, 2.24) is 20.2 Å². The number of hydrogen-bond acceptors (Lipinski definition) is 7. The third kappa shape index (κ3) is 2.94. The highest BCUT2D eigenvalue weighted by molar-refractivity contribution is 7.99. The second-order valence-corrected chi connectivity index (χ2v) is 4.27. The summed E-state index contributed by atoms with van der Waals surface area (Å²) in [5, 5.41) is 12.0. The van der Waals surface area contributed by atoms with E-state index >= 15 is 0 Å². The van der Waals surface area contributed by atoms with Gasteiger partial charge in [0.05, 0.1) is 0 Å². The molecule has 7 heteroatoms. The van der Waals surface area contributed by atoms with Gasteiger partial charge >= 0.3 is 0 Å². The van der Waals surface area contributed by atoms with E-state index < -0.39 is 0 Å². The van der Waals surface area contributed by atoms with Gasteiger partial charge < -0.3 is 9.73 Å². The molecular weight excluding hydrogens is 238 g/mol. The quantitative estimate of drug-likeness (QED) is 0.832. The zero-order valence-electron chi connectivity index (χ0n) is 9.89. The first-order valence-corrected chi connectivity index (χ1v) is 6.06. The molecule has 2 aromatic heterocycles. The van der Waals surface area contributed by atoms with Crippen LogP contribution in [0.1, 0.15) is 18.6 Å². The van der Waals surface area contributed by atoms with E-state index in [1.54, 1.807) is 6.92 Å². The van der Waals surface area contributed by atoms with Crippen LogP contribution in [0.25, 0.3) is 0 Å². The van der Waals surface area contributed by atoms with Gasteiger partial charge in [-0.1, -0.05) is 6.92 Å². The lowest BCUT2D eigenvalue weighted by Gasteiger charge is -2.04. The molecule has 0 aliphatic heterocycles. The normalized spacial score (nSPS) is 10.5. The summed E-state index contributed by atoms with van der Waals surface area (Å²) in [6, 6.07) is 1.85. The second kappa shape index (κ2) is 5.13. The molecule has 2 rings (SSSR count). The third-order valence-corrected chi connectivity index (χ3v) is 2.78. The molecule has 0 unspecified atom stereocenters. The molecule has 2 aromatic rings. The molecule has 0 amide bonds. The Kier molecular flexibility index (Phi) is 3.58. The molecule has 0 fully saturated rings. The smallest absolute Gasteiger partial charge is 0.282 e. The van der Waals surface area contributed by atoms with Crippen LogP contribution in [0.5, 0.6) is 0 Å². The van der Waals surface area contributed by atoms with Gasteiger partial charge in [-0.25, -0.2) is 9.97 Å². The number of nitrogens with zero attached hydrogens (tertiary/aromatic N) is 4. The number of aromatic nitrogens is 4. The second-order valence-electron chi connectivity index (χ2n) is 3.30. The fourth-order valence-corrected chi connectivity index (χ4v) is 1.96. The molecule has 90 valence electrons. The maximum atomic E-state index is 5.29. The largest absolute Gasteiger partial charge is 0.416 e. The molecule has 6 nitrogen and oxygen atoms in total. The Balaban J connectivity index is 2.25. The summed E-state index contributed by atoms with van der Waals surface area (Å²) in [6.45, 7) is 3.77. The van der Waals surface area contributed by atoms with Crippen molar-refractivity contribution in [2.24, 2.45) is 0 Å². The average molecular weight is 251 g/mol. The number of nitrogens with one attached hydrogen (secondary N) is 1. The van der Waals surface area contributed by atoms with Gasteiger partial charge in [0.15, 0.2) is 0 Å². The number of aryl methyl sites for hydroxylation is 2. The molecule has 0 atom stereocenters. The van der Waals surface area contributed by atoms with E-state index in [2.05, 4.69) is 25.5 Å². The summed E-state index contributed by atoms with van der Waals surface area (Å²) in [7, 11) is 1.83. The predicted octanol–water partition coefficient (Wildman–Crippen LogP) is 1.92. The molecule has 0 aliphatic rings. The van der Waals surface area contributed by atoms with Crippen LogP contribution in [-0.4, -0.2) is 27.2 Å². The van der Waals surface area contributed by atoms with Gasteiger partial charge in [-0.3, -0.25) is 0 Å². The first-order valence-electron chi connectivity index (χ1n) is 5.25. The van der Waals surface area contributed by atoms with Crippen molar-refractivity contribution in [2.45, 2.75) is 30.5 Å². The van der Waals surface area contributed by atoms with Crippen molar-refractivity contribution in [1.29, 1.82) is 0 Å². The van der Waals surface area contributed by atoms with Gasteiger partial charge in [-0.2, -0.15) is 0 Å². The van der Waals surface area contributed by atoms with Crippen molar-refractivity contribution >= 4 is 17.6 Å². The van der Waals surface area contributed by atoms with Crippen LogP contribution >= 0.6 is 11.8 Å². The first-order chi connectivity index (χ1) is 8.21. The van der Waals surface area contributed by atoms with E-state index in [-0.39, 0.29) is 0 Å². The SMILES string of the molecule is CCc1nc(NC)cc(Sc2nnc(C)o2)n1. The molecule has 1 N–H and O–H groups in total. The predicted molar refractivity (Wildman–Crippen MR) is 64.1 cm³/mol. The van der Waals surface area contributed by atoms with Crippen LogP contribution < -0.4 is 5.32 Å². The van der Waals surface area contributed by atoms with E-state index in [0.717, 1.165) is 23.1 Å². The zero-order chi connectivity index (χ0) is 12.3. The van der Waals surface area contributed by atoms with E-state index in [1.165, 1.54) is 11.8 Å². The van der Waals surface area contributed by atoms with Gasteiger partial charge in [0.2, 0.25) is 5.89 Å². The molecule has 0 aromatic carbocycles. The highest BCUT2D eigenvalue weighted by Crippen LogP contribution is 2.26.